The number of para-hydroxylation sites is 1. The Balaban J connectivity index is 1.67. The lowest BCUT2D eigenvalue weighted by molar-refractivity contribution is -0.123. The summed E-state index contributed by atoms with van der Waals surface area (Å²) in [4.78, 5) is 29.5. The first-order valence-corrected chi connectivity index (χ1v) is 9.38. The lowest BCUT2D eigenvalue weighted by atomic mass is 10.0. The Morgan fingerprint density at radius 3 is 2.37 bits per heavy atom. The largest absolute Gasteiger partial charge is 0.323 e. The number of benzodiazepines with no additional fused rings is 1. The smallest absolute Gasteiger partial charge is 0.269 e. The highest BCUT2D eigenvalue weighted by Gasteiger charge is 2.27. The normalized spacial score (nSPS) is 15.7. The Bertz CT molecular complexity index is 1160. The lowest BCUT2D eigenvalue weighted by Gasteiger charge is -2.12. The van der Waals surface area contributed by atoms with Gasteiger partial charge in [-0.05, 0) is 29.8 Å². The van der Waals surface area contributed by atoms with Crippen LogP contribution in [0.5, 0.6) is 0 Å². The van der Waals surface area contributed by atoms with Gasteiger partial charge in [-0.25, -0.2) is 9.38 Å². The van der Waals surface area contributed by atoms with Gasteiger partial charge < -0.3 is 10.6 Å². The van der Waals surface area contributed by atoms with Crippen molar-refractivity contribution in [1.82, 2.24) is 5.32 Å². The Morgan fingerprint density at radius 2 is 1.60 bits per heavy atom. The number of nitrogens with zero attached hydrogens (tertiary/aromatic N) is 1. The number of carbonyl (C=O) groups excluding carboxylic acids is 2. The van der Waals surface area contributed by atoms with E-state index in [1.54, 1.807) is 48.5 Å². The molecule has 1 aliphatic rings. The van der Waals surface area contributed by atoms with Crippen molar-refractivity contribution in [3.05, 3.63) is 107 Å². The van der Waals surface area contributed by atoms with Crippen molar-refractivity contribution in [2.24, 2.45) is 4.99 Å². The van der Waals surface area contributed by atoms with Crippen molar-refractivity contribution in [1.29, 1.82) is 0 Å². The fourth-order valence-corrected chi connectivity index (χ4v) is 3.14. The summed E-state index contributed by atoms with van der Waals surface area (Å²) in [6.07, 6.45) is 1.76. The van der Waals surface area contributed by atoms with E-state index in [9.17, 15) is 14.0 Å². The van der Waals surface area contributed by atoms with Crippen LogP contribution in [-0.2, 0) is 9.59 Å². The molecule has 0 fully saturated rings. The summed E-state index contributed by atoms with van der Waals surface area (Å²) in [5.41, 5.74) is 2.47. The zero-order chi connectivity index (χ0) is 20.9. The van der Waals surface area contributed by atoms with Crippen molar-refractivity contribution < 1.29 is 14.0 Å². The minimum atomic E-state index is -1.21. The minimum Gasteiger partial charge on any atom is -0.323 e. The third-order valence-electron chi connectivity index (χ3n) is 4.58. The predicted molar refractivity (Wildman–Crippen MR) is 115 cm³/mol. The molecule has 1 heterocycles. The van der Waals surface area contributed by atoms with Crippen molar-refractivity contribution >= 4 is 29.3 Å². The SMILES string of the molecule is O=C(/C=C/c1ccccc1)NC1N=C(c2ccccc2F)c2ccccc2NC1=O. The van der Waals surface area contributed by atoms with Crippen LogP contribution in [-0.4, -0.2) is 23.7 Å². The lowest BCUT2D eigenvalue weighted by Crippen LogP contribution is -2.41. The van der Waals surface area contributed by atoms with Gasteiger partial charge in [0, 0.05) is 17.2 Å². The second kappa shape index (κ2) is 8.53. The summed E-state index contributed by atoms with van der Waals surface area (Å²) in [6, 6.07) is 22.5. The maximum atomic E-state index is 14.5. The summed E-state index contributed by atoms with van der Waals surface area (Å²) in [5.74, 6) is -1.45. The summed E-state index contributed by atoms with van der Waals surface area (Å²) >= 11 is 0. The Labute approximate surface area is 173 Å². The number of amides is 2. The molecule has 4 rings (SSSR count). The highest BCUT2D eigenvalue weighted by atomic mass is 19.1. The molecule has 0 bridgehead atoms. The van der Waals surface area contributed by atoms with Crippen LogP contribution in [0.1, 0.15) is 16.7 Å². The van der Waals surface area contributed by atoms with Crippen LogP contribution in [0, 0.1) is 5.82 Å². The number of anilines is 1. The fraction of sp³-hybridized carbons (Fsp3) is 0.0417. The Kier molecular flexibility index (Phi) is 5.48. The molecule has 3 aromatic rings. The molecule has 0 saturated heterocycles. The van der Waals surface area contributed by atoms with Crippen LogP contribution in [0.3, 0.4) is 0 Å². The van der Waals surface area contributed by atoms with Gasteiger partial charge in [0.05, 0.1) is 11.4 Å². The first-order chi connectivity index (χ1) is 14.6. The Hall–Kier alpha value is -4.06. The van der Waals surface area contributed by atoms with E-state index in [1.807, 2.05) is 30.3 Å². The molecule has 1 aliphatic heterocycles. The topological polar surface area (TPSA) is 70.6 Å². The van der Waals surface area contributed by atoms with Gasteiger partial charge in [-0.15, -0.1) is 0 Å². The van der Waals surface area contributed by atoms with Crippen LogP contribution in [0.4, 0.5) is 10.1 Å². The molecule has 30 heavy (non-hydrogen) atoms. The molecule has 148 valence electrons. The third-order valence-corrected chi connectivity index (χ3v) is 4.58. The summed E-state index contributed by atoms with van der Waals surface area (Å²) in [6.45, 7) is 0. The standard InChI is InChI=1S/C24H18FN3O2/c25-19-12-6-4-10-17(19)22-18-11-5-7-13-20(18)26-24(30)23(28-22)27-21(29)15-14-16-8-2-1-3-9-16/h1-15,23H,(H,26,30)(H,27,29)/b15-14+. The van der Waals surface area contributed by atoms with Crippen LogP contribution >= 0.6 is 0 Å². The van der Waals surface area contributed by atoms with Crippen LogP contribution in [0.15, 0.2) is 89.9 Å². The molecule has 1 atom stereocenters. The maximum Gasteiger partial charge on any atom is 0.269 e. The molecule has 0 aromatic heterocycles. The number of halogens is 1. The summed E-state index contributed by atoms with van der Waals surface area (Å²) in [5, 5.41) is 5.34. The number of hydrogen-bond acceptors (Lipinski definition) is 3. The molecule has 5 nitrogen and oxygen atoms in total. The van der Waals surface area contributed by atoms with Crippen LogP contribution < -0.4 is 10.6 Å². The number of nitrogens with one attached hydrogen (secondary N) is 2. The van der Waals surface area contributed by atoms with E-state index in [-0.39, 0.29) is 5.56 Å². The van der Waals surface area contributed by atoms with Gasteiger partial charge in [-0.3, -0.25) is 9.59 Å². The van der Waals surface area contributed by atoms with Crippen molar-refractivity contribution in [2.45, 2.75) is 6.17 Å². The van der Waals surface area contributed by atoms with E-state index in [0.29, 0.717) is 17.0 Å². The van der Waals surface area contributed by atoms with E-state index in [0.717, 1.165) is 5.56 Å². The predicted octanol–water partition coefficient (Wildman–Crippen LogP) is 3.77. The molecule has 0 spiro atoms. The number of aliphatic imine (C=N–C) groups is 1. The zero-order valence-corrected chi connectivity index (χ0v) is 15.9. The molecule has 2 amide bonds. The highest BCUT2D eigenvalue weighted by molar-refractivity contribution is 6.20. The van der Waals surface area contributed by atoms with E-state index < -0.39 is 23.8 Å². The second-order valence-corrected chi connectivity index (χ2v) is 6.65. The molecular formula is C24H18FN3O2. The molecule has 2 N–H and O–H groups in total. The van der Waals surface area contributed by atoms with Crippen LogP contribution in [0.2, 0.25) is 0 Å². The molecule has 0 saturated carbocycles. The van der Waals surface area contributed by atoms with Gasteiger partial charge in [0.1, 0.15) is 5.82 Å². The van der Waals surface area contributed by atoms with E-state index >= 15 is 0 Å². The monoisotopic (exact) mass is 399 g/mol. The van der Waals surface area contributed by atoms with E-state index in [2.05, 4.69) is 15.6 Å². The second-order valence-electron chi connectivity index (χ2n) is 6.65. The number of hydrogen-bond donors (Lipinski definition) is 2. The minimum absolute atomic E-state index is 0.250. The summed E-state index contributed by atoms with van der Waals surface area (Å²) < 4.78 is 14.5. The third kappa shape index (κ3) is 4.17. The molecule has 0 aliphatic carbocycles. The van der Waals surface area contributed by atoms with Crippen molar-refractivity contribution in [3.63, 3.8) is 0 Å². The average Bonchev–Trinajstić information content (AvgIpc) is 2.90. The van der Waals surface area contributed by atoms with Crippen LogP contribution in [0.25, 0.3) is 6.08 Å². The van der Waals surface area contributed by atoms with Gasteiger partial charge in [-0.2, -0.15) is 0 Å². The molecule has 1 unspecified atom stereocenters. The number of carbonyl (C=O) groups is 2. The van der Waals surface area contributed by atoms with Crippen molar-refractivity contribution in [3.8, 4) is 0 Å². The first-order valence-electron chi connectivity index (χ1n) is 9.38. The van der Waals surface area contributed by atoms with Gasteiger partial charge in [-0.1, -0.05) is 60.7 Å². The van der Waals surface area contributed by atoms with Gasteiger partial charge in [0.2, 0.25) is 12.1 Å². The van der Waals surface area contributed by atoms with E-state index in [1.165, 1.54) is 12.1 Å². The Morgan fingerprint density at radius 1 is 0.933 bits per heavy atom. The van der Waals surface area contributed by atoms with Gasteiger partial charge >= 0.3 is 0 Å². The quantitative estimate of drug-likeness (QED) is 0.656. The zero-order valence-electron chi connectivity index (χ0n) is 15.9. The maximum absolute atomic E-state index is 14.5. The summed E-state index contributed by atoms with van der Waals surface area (Å²) in [7, 11) is 0. The number of benzene rings is 3. The molecule has 6 heteroatoms. The molecule has 0 radical (unpaired) electrons. The van der Waals surface area contributed by atoms with E-state index in [4.69, 9.17) is 0 Å². The first kappa shape index (κ1) is 19.3. The van der Waals surface area contributed by atoms with Gasteiger partial charge in [0.15, 0.2) is 0 Å². The fourth-order valence-electron chi connectivity index (χ4n) is 3.14. The van der Waals surface area contributed by atoms with Crippen molar-refractivity contribution in [2.75, 3.05) is 5.32 Å². The average molecular weight is 399 g/mol. The number of fused-ring (bicyclic) bond motifs is 1. The van der Waals surface area contributed by atoms with Gasteiger partial charge in [0.25, 0.3) is 5.91 Å². The molecular weight excluding hydrogens is 381 g/mol. The molecule has 3 aromatic carbocycles. The highest BCUT2D eigenvalue weighted by Crippen LogP contribution is 2.24. The number of rotatable bonds is 4.